The van der Waals surface area contributed by atoms with Gasteiger partial charge in [-0.1, -0.05) is 56.3 Å². The molecule has 1 aliphatic carbocycles. The number of nitrogens with one attached hydrogen (secondary N) is 2. The van der Waals surface area contributed by atoms with Gasteiger partial charge in [-0.3, -0.25) is 14.5 Å². The Bertz CT molecular complexity index is 1020. The number of carbonyl (C=O) groups excluding carboxylic acids is 2. The van der Waals surface area contributed by atoms with Gasteiger partial charge in [-0.05, 0) is 47.9 Å². The minimum atomic E-state index is -0.867. The zero-order valence-electron chi connectivity index (χ0n) is 19.3. The highest BCUT2D eigenvalue weighted by molar-refractivity contribution is 5.96. The first-order chi connectivity index (χ1) is 15.9. The van der Waals surface area contributed by atoms with Crippen molar-refractivity contribution < 1.29 is 14.7 Å². The molecular weight excluding hydrogens is 414 g/mol. The molecule has 3 aliphatic heterocycles. The van der Waals surface area contributed by atoms with Gasteiger partial charge >= 0.3 is 0 Å². The molecule has 4 aliphatic rings. The summed E-state index contributed by atoms with van der Waals surface area (Å²) in [5.41, 5.74) is 1.30. The van der Waals surface area contributed by atoms with Crippen LogP contribution in [0.25, 0.3) is 0 Å². The van der Waals surface area contributed by atoms with E-state index >= 15 is 0 Å². The van der Waals surface area contributed by atoms with Gasteiger partial charge in [0.1, 0.15) is 11.3 Å². The van der Waals surface area contributed by atoms with Gasteiger partial charge in [-0.15, -0.1) is 0 Å². The predicted molar refractivity (Wildman–Crippen MR) is 126 cm³/mol. The molecule has 4 bridgehead atoms. The van der Waals surface area contributed by atoms with E-state index in [-0.39, 0.29) is 41.4 Å². The molecule has 2 amide bonds. The van der Waals surface area contributed by atoms with E-state index in [4.69, 9.17) is 0 Å². The number of likely N-dealkylation sites (tertiary alicyclic amines) is 1. The summed E-state index contributed by atoms with van der Waals surface area (Å²) in [6, 6.07) is 17.3. The van der Waals surface area contributed by atoms with E-state index in [1.54, 1.807) is 24.3 Å². The Morgan fingerprint density at radius 3 is 2.58 bits per heavy atom. The van der Waals surface area contributed by atoms with Gasteiger partial charge in [-0.25, -0.2) is 0 Å². The Balaban J connectivity index is 1.43. The van der Waals surface area contributed by atoms with Crippen LogP contribution >= 0.6 is 0 Å². The van der Waals surface area contributed by atoms with Crippen LogP contribution in [0.3, 0.4) is 0 Å². The van der Waals surface area contributed by atoms with Crippen LogP contribution in [0.1, 0.15) is 37.8 Å². The lowest BCUT2D eigenvalue weighted by molar-refractivity contribution is -0.155. The number of carbonyl (C=O) groups is 2. The number of fused-ring (bicyclic) bond motifs is 1. The fourth-order valence-corrected chi connectivity index (χ4v) is 6.52. The SMILES string of the molecule is CC(C)C[C@@H]1[C@@H]2[C@@H]3C(=O)N[C@@]1(C(=O)NCc1ccc(O)cc1)C[C@@H]3CN2Cc1ccccc1. The number of phenols is 1. The zero-order valence-corrected chi connectivity index (χ0v) is 19.3. The normalized spacial score (nSPS) is 30.5. The number of phenolic OH excluding ortho intramolecular Hbond substituents is 1. The monoisotopic (exact) mass is 447 g/mol. The molecule has 3 N–H and O–H groups in total. The second-order valence-corrected chi connectivity index (χ2v) is 10.4. The van der Waals surface area contributed by atoms with Crippen LogP contribution in [0.4, 0.5) is 0 Å². The molecule has 3 heterocycles. The van der Waals surface area contributed by atoms with E-state index in [0.29, 0.717) is 18.9 Å². The second kappa shape index (κ2) is 8.49. The molecule has 5 atom stereocenters. The second-order valence-electron chi connectivity index (χ2n) is 10.4. The van der Waals surface area contributed by atoms with E-state index in [1.807, 2.05) is 6.07 Å². The summed E-state index contributed by atoms with van der Waals surface area (Å²) in [4.78, 5) is 29.4. The fraction of sp³-hybridized carbons (Fsp3) is 0.481. The highest BCUT2D eigenvalue weighted by Gasteiger charge is 2.67. The molecule has 6 nitrogen and oxygen atoms in total. The van der Waals surface area contributed by atoms with Gasteiger partial charge in [0.05, 0.1) is 5.92 Å². The summed E-state index contributed by atoms with van der Waals surface area (Å²) in [5.74, 6) is 0.817. The number of nitrogens with zero attached hydrogens (tertiary/aromatic N) is 1. The minimum absolute atomic E-state index is 0.0339. The third-order valence-electron chi connectivity index (χ3n) is 7.79. The van der Waals surface area contributed by atoms with Crippen LogP contribution in [0.15, 0.2) is 54.6 Å². The summed E-state index contributed by atoms with van der Waals surface area (Å²) >= 11 is 0. The van der Waals surface area contributed by atoms with E-state index in [9.17, 15) is 14.7 Å². The van der Waals surface area contributed by atoms with E-state index in [0.717, 1.165) is 25.1 Å². The average Bonchev–Trinajstić information content (AvgIpc) is 3.10. The first-order valence-corrected chi connectivity index (χ1v) is 12.0. The van der Waals surface area contributed by atoms with Crippen LogP contribution in [0.2, 0.25) is 0 Å². The van der Waals surface area contributed by atoms with Gasteiger partial charge in [0.2, 0.25) is 11.8 Å². The summed E-state index contributed by atoms with van der Waals surface area (Å²) in [5, 5.41) is 15.8. The van der Waals surface area contributed by atoms with Crippen molar-refractivity contribution in [2.75, 3.05) is 6.54 Å². The van der Waals surface area contributed by atoms with Gasteiger partial charge in [0.15, 0.2) is 0 Å². The van der Waals surface area contributed by atoms with E-state index in [2.05, 4.69) is 53.6 Å². The molecular formula is C27H33N3O3. The number of rotatable bonds is 7. The number of hydrogen-bond acceptors (Lipinski definition) is 4. The fourth-order valence-electron chi connectivity index (χ4n) is 6.52. The van der Waals surface area contributed by atoms with Gasteiger partial charge in [-0.2, -0.15) is 0 Å². The molecule has 33 heavy (non-hydrogen) atoms. The highest BCUT2D eigenvalue weighted by Crippen LogP contribution is 2.54. The highest BCUT2D eigenvalue weighted by atomic mass is 16.3. The van der Waals surface area contributed by atoms with Crippen LogP contribution in [0.5, 0.6) is 5.75 Å². The van der Waals surface area contributed by atoms with Crippen LogP contribution in [-0.4, -0.2) is 39.9 Å². The van der Waals surface area contributed by atoms with Crippen molar-refractivity contribution in [3.05, 3.63) is 65.7 Å². The lowest BCUT2D eigenvalue weighted by Gasteiger charge is -2.55. The lowest BCUT2D eigenvalue weighted by atomic mass is 9.57. The third kappa shape index (κ3) is 3.90. The molecule has 6 rings (SSSR count). The first kappa shape index (κ1) is 22.0. The number of hydrogen-bond donors (Lipinski definition) is 3. The minimum Gasteiger partial charge on any atom is -0.508 e. The summed E-state index contributed by atoms with van der Waals surface area (Å²) in [6.07, 6.45) is 1.59. The number of aromatic hydroxyl groups is 1. The molecule has 0 aromatic heterocycles. The summed E-state index contributed by atoms with van der Waals surface area (Å²) < 4.78 is 0. The largest absolute Gasteiger partial charge is 0.508 e. The van der Waals surface area contributed by atoms with Gasteiger partial charge in [0, 0.05) is 31.6 Å². The Hall–Kier alpha value is -2.86. The molecule has 0 spiro atoms. The molecule has 0 unspecified atom stereocenters. The summed E-state index contributed by atoms with van der Waals surface area (Å²) in [6.45, 7) is 6.43. The Labute approximate surface area is 195 Å². The molecule has 1 saturated carbocycles. The van der Waals surface area contributed by atoms with Gasteiger partial charge in [0.25, 0.3) is 0 Å². The average molecular weight is 448 g/mol. The van der Waals surface area contributed by atoms with E-state index < -0.39 is 5.54 Å². The molecule has 0 radical (unpaired) electrons. The standard InChI is InChI=1S/C27H33N3O3/c1-17(2)12-22-24-23-20(16-30(24)15-19-6-4-3-5-7-19)13-27(22,29-25(23)32)26(33)28-14-18-8-10-21(31)11-9-18/h3-11,17,20,22-24,31H,12-16H2,1-2H3,(H,28,33)(H,29,32)/t20-,22-,23-,24-,27+/m1/s1. The molecule has 174 valence electrons. The maximum atomic E-state index is 13.7. The number of benzene rings is 2. The van der Waals surface area contributed by atoms with Crippen molar-refractivity contribution in [1.29, 1.82) is 0 Å². The molecule has 6 heteroatoms. The maximum Gasteiger partial charge on any atom is 0.246 e. The van der Waals surface area contributed by atoms with Crippen LogP contribution < -0.4 is 10.6 Å². The van der Waals surface area contributed by atoms with Crippen molar-refractivity contribution in [3.8, 4) is 5.75 Å². The first-order valence-electron chi connectivity index (χ1n) is 12.0. The number of amides is 2. The maximum absolute atomic E-state index is 13.7. The third-order valence-corrected chi connectivity index (χ3v) is 7.79. The van der Waals surface area contributed by atoms with Crippen molar-refractivity contribution in [1.82, 2.24) is 15.5 Å². The predicted octanol–water partition coefficient (Wildman–Crippen LogP) is 3.06. The molecule has 4 fully saturated rings. The van der Waals surface area contributed by atoms with Crippen molar-refractivity contribution in [3.63, 3.8) is 0 Å². The van der Waals surface area contributed by atoms with Crippen molar-refractivity contribution >= 4 is 11.8 Å². The topological polar surface area (TPSA) is 81.7 Å². The molecule has 2 aromatic rings. The van der Waals surface area contributed by atoms with Gasteiger partial charge < -0.3 is 15.7 Å². The van der Waals surface area contributed by atoms with Crippen molar-refractivity contribution in [2.45, 2.75) is 51.4 Å². The quantitative estimate of drug-likeness (QED) is 0.609. The molecule has 3 saturated heterocycles. The van der Waals surface area contributed by atoms with Crippen molar-refractivity contribution in [2.24, 2.45) is 23.7 Å². The number of piperidine rings is 2. The smallest absolute Gasteiger partial charge is 0.246 e. The Morgan fingerprint density at radius 1 is 1.15 bits per heavy atom. The summed E-state index contributed by atoms with van der Waals surface area (Å²) in [7, 11) is 0. The van der Waals surface area contributed by atoms with Crippen LogP contribution in [-0.2, 0) is 22.7 Å². The van der Waals surface area contributed by atoms with Crippen LogP contribution in [0, 0.1) is 23.7 Å². The van der Waals surface area contributed by atoms with E-state index in [1.165, 1.54) is 5.56 Å². The lowest BCUT2D eigenvalue weighted by Crippen LogP contribution is -2.75. The Morgan fingerprint density at radius 2 is 1.88 bits per heavy atom. The Kier molecular flexibility index (Phi) is 5.65. The zero-order chi connectivity index (χ0) is 23.2. The molecule has 2 aromatic carbocycles.